The summed E-state index contributed by atoms with van der Waals surface area (Å²) in [5.41, 5.74) is 0.270. The molecule has 1 N–H and O–H groups in total. The van der Waals surface area contributed by atoms with Gasteiger partial charge in [0.25, 0.3) is 0 Å². The number of amides is 1. The van der Waals surface area contributed by atoms with E-state index in [1.165, 1.54) is 25.0 Å². The van der Waals surface area contributed by atoms with Crippen molar-refractivity contribution in [3.05, 3.63) is 35.4 Å². The maximum Gasteiger partial charge on any atom is 0.222 e. The van der Waals surface area contributed by atoms with Gasteiger partial charge in [0.15, 0.2) is 11.6 Å². The number of aryl methyl sites for hydroxylation is 1. The molecule has 2 saturated heterocycles. The number of carbonyl (C=O) groups excluding carboxylic acids is 1. The quantitative estimate of drug-likeness (QED) is 0.910. The molecule has 6 heteroatoms. The Balaban J connectivity index is 0.00000192. The highest BCUT2D eigenvalue weighted by molar-refractivity contribution is 5.85. The van der Waals surface area contributed by atoms with Crippen LogP contribution in [0.15, 0.2) is 18.2 Å². The molecule has 2 atom stereocenters. The van der Waals surface area contributed by atoms with Crippen LogP contribution in [-0.2, 0) is 11.2 Å². The van der Waals surface area contributed by atoms with Crippen LogP contribution >= 0.6 is 12.4 Å². The summed E-state index contributed by atoms with van der Waals surface area (Å²) in [6.45, 7) is 0. The number of rotatable bonds is 4. The van der Waals surface area contributed by atoms with Gasteiger partial charge in [-0.05, 0) is 43.7 Å². The van der Waals surface area contributed by atoms with Crippen molar-refractivity contribution in [2.24, 2.45) is 0 Å². The summed E-state index contributed by atoms with van der Waals surface area (Å²) in [5, 5.41) is 3.56. The third-order valence-electron chi connectivity index (χ3n) is 5.03. The molecule has 23 heavy (non-hydrogen) atoms. The molecule has 1 aromatic rings. The smallest absolute Gasteiger partial charge is 0.222 e. The fraction of sp³-hybridized carbons (Fsp3) is 0.588. The second kappa shape index (κ2) is 7.58. The predicted octanol–water partition coefficient (Wildman–Crippen LogP) is 3.06. The van der Waals surface area contributed by atoms with Crippen LogP contribution in [0.3, 0.4) is 0 Å². The fourth-order valence-electron chi connectivity index (χ4n) is 3.71. The molecule has 3 rings (SSSR count). The number of piperidine rings is 1. The summed E-state index contributed by atoms with van der Waals surface area (Å²) in [7, 11) is 1.83. The van der Waals surface area contributed by atoms with Crippen molar-refractivity contribution in [3.8, 4) is 0 Å². The Morgan fingerprint density at radius 2 is 1.91 bits per heavy atom. The molecule has 2 heterocycles. The summed E-state index contributed by atoms with van der Waals surface area (Å²) < 4.78 is 26.8. The van der Waals surface area contributed by atoms with Crippen molar-refractivity contribution >= 4 is 18.3 Å². The Morgan fingerprint density at radius 3 is 2.57 bits per heavy atom. The zero-order valence-corrected chi connectivity index (χ0v) is 14.0. The molecule has 2 aliphatic rings. The van der Waals surface area contributed by atoms with Gasteiger partial charge in [0.1, 0.15) is 0 Å². The number of nitrogens with one attached hydrogen (secondary N) is 1. The topological polar surface area (TPSA) is 32.3 Å². The van der Waals surface area contributed by atoms with E-state index in [0.29, 0.717) is 12.1 Å². The molecule has 1 amide bonds. The molecule has 0 spiro atoms. The Kier molecular flexibility index (Phi) is 5.98. The summed E-state index contributed by atoms with van der Waals surface area (Å²) in [4.78, 5) is 14.1. The van der Waals surface area contributed by atoms with Gasteiger partial charge in [-0.1, -0.05) is 12.1 Å². The zero-order chi connectivity index (χ0) is 15.7. The van der Waals surface area contributed by atoms with Gasteiger partial charge in [0.2, 0.25) is 5.91 Å². The van der Waals surface area contributed by atoms with Crippen molar-refractivity contribution in [2.45, 2.75) is 56.7 Å². The van der Waals surface area contributed by atoms with Gasteiger partial charge in [-0.25, -0.2) is 8.78 Å². The number of hydrogen-bond acceptors (Lipinski definition) is 2. The second-order valence-electron chi connectivity index (χ2n) is 6.48. The normalized spacial score (nSPS) is 25.8. The van der Waals surface area contributed by atoms with E-state index in [4.69, 9.17) is 0 Å². The lowest BCUT2D eigenvalue weighted by molar-refractivity contribution is -0.132. The van der Waals surface area contributed by atoms with Gasteiger partial charge >= 0.3 is 0 Å². The monoisotopic (exact) mass is 344 g/mol. The second-order valence-corrected chi connectivity index (χ2v) is 6.48. The number of nitrogens with zero attached hydrogens (tertiary/aromatic N) is 1. The SMILES string of the molecule is CN(C(=O)CCc1cccc(F)c1F)C1CC2CCC(C1)N2.Cl. The van der Waals surface area contributed by atoms with E-state index in [2.05, 4.69) is 5.32 Å². The summed E-state index contributed by atoms with van der Waals surface area (Å²) in [5.74, 6) is -1.68. The largest absolute Gasteiger partial charge is 0.343 e. The molecule has 0 saturated carbocycles. The predicted molar refractivity (Wildman–Crippen MR) is 87.7 cm³/mol. The van der Waals surface area contributed by atoms with Crippen LogP contribution in [0, 0.1) is 11.6 Å². The lowest BCUT2D eigenvalue weighted by Gasteiger charge is -2.35. The summed E-state index contributed by atoms with van der Waals surface area (Å²) in [6, 6.07) is 5.43. The summed E-state index contributed by atoms with van der Waals surface area (Å²) >= 11 is 0. The molecule has 2 bridgehead atoms. The van der Waals surface area contributed by atoms with E-state index in [1.807, 2.05) is 11.9 Å². The highest BCUT2D eigenvalue weighted by Gasteiger charge is 2.36. The van der Waals surface area contributed by atoms with Crippen LogP contribution in [-0.4, -0.2) is 36.0 Å². The highest BCUT2D eigenvalue weighted by Crippen LogP contribution is 2.29. The van der Waals surface area contributed by atoms with Crippen LogP contribution in [0.1, 0.15) is 37.7 Å². The molecule has 0 aliphatic carbocycles. The Hall–Kier alpha value is -1.20. The first-order chi connectivity index (χ1) is 10.5. The number of hydrogen-bond donors (Lipinski definition) is 1. The summed E-state index contributed by atoms with van der Waals surface area (Å²) in [6.07, 6.45) is 4.83. The first kappa shape index (κ1) is 18.1. The third-order valence-corrected chi connectivity index (χ3v) is 5.03. The van der Waals surface area contributed by atoms with E-state index in [9.17, 15) is 13.6 Å². The molecule has 1 aromatic carbocycles. The first-order valence-electron chi connectivity index (χ1n) is 7.99. The zero-order valence-electron chi connectivity index (χ0n) is 13.2. The van der Waals surface area contributed by atoms with Crippen molar-refractivity contribution in [3.63, 3.8) is 0 Å². The van der Waals surface area contributed by atoms with Crippen molar-refractivity contribution in [1.82, 2.24) is 10.2 Å². The highest BCUT2D eigenvalue weighted by atomic mass is 35.5. The Labute approximate surface area is 141 Å². The van der Waals surface area contributed by atoms with Gasteiger partial charge in [-0.15, -0.1) is 12.4 Å². The molecule has 2 fully saturated rings. The molecular weight excluding hydrogens is 322 g/mol. The average Bonchev–Trinajstić information content (AvgIpc) is 2.86. The molecule has 0 radical (unpaired) electrons. The number of fused-ring (bicyclic) bond motifs is 2. The maximum atomic E-state index is 13.6. The van der Waals surface area contributed by atoms with Crippen LogP contribution in [0.25, 0.3) is 0 Å². The lowest BCUT2D eigenvalue weighted by Crippen LogP contribution is -2.48. The van der Waals surface area contributed by atoms with Gasteiger partial charge < -0.3 is 10.2 Å². The minimum Gasteiger partial charge on any atom is -0.343 e. The van der Waals surface area contributed by atoms with Crippen LogP contribution in [0.5, 0.6) is 0 Å². The van der Waals surface area contributed by atoms with E-state index >= 15 is 0 Å². The van der Waals surface area contributed by atoms with Gasteiger partial charge in [0, 0.05) is 31.6 Å². The minimum atomic E-state index is -0.853. The Bertz CT molecular complexity index is 558. The van der Waals surface area contributed by atoms with Crippen molar-refractivity contribution < 1.29 is 13.6 Å². The Morgan fingerprint density at radius 1 is 1.26 bits per heavy atom. The van der Waals surface area contributed by atoms with E-state index in [1.54, 1.807) is 0 Å². The van der Waals surface area contributed by atoms with Gasteiger partial charge in [-0.2, -0.15) is 0 Å². The molecule has 2 unspecified atom stereocenters. The molecule has 128 valence electrons. The maximum absolute atomic E-state index is 13.6. The fourth-order valence-corrected chi connectivity index (χ4v) is 3.71. The number of carbonyl (C=O) groups is 1. The van der Waals surface area contributed by atoms with Crippen LogP contribution < -0.4 is 5.32 Å². The molecule has 3 nitrogen and oxygen atoms in total. The van der Waals surface area contributed by atoms with E-state index < -0.39 is 11.6 Å². The molecule has 0 aromatic heterocycles. The van der Waals surface area contributed by atoms with Crippen molar-refractivity contribution in [2.75, 3.05) is 7.05 Å². The van der Waals surface area contributed by atoms with Crippen LogP contribution in [0.4, 0.5) is 8.78 Å². The molecule has 2 aliphatic heterocycles. The van der Waals surface area contributed by atoms with Crippen LogP contribution in [0.2, 0.25) is 0 Å². The minimum absolute atomic E-state index is 0. The molecular formula is C17H23ClF2N2O. The first-order valence-corrected chi connectivity index (χ1v) is 7.99. The van der Waals surface area contributed by atoms with E-state index in [0.717, 1.165) is 18.9 Å². The standard InChI is InChI=1S/C17H22F2N2O.ClH/c1-21(14-9-12-6-7-13(10-14)20-12)16(22)8-5-11-3-2-4-15(18)17(11)19;/h2-4,12-14,20H,5-10H2,1H3;1H. The van der Waals surface area contributed by atoms with Gasteiger partial charge in [-0.3, -0.25) is 4.79 Å². The third kappa shape index (κ3) is 4.01. The number of halogens is 3. The van der Waals surface area contributed by atoms with E-state index in [-0.39, 0.29) is 42.8 Å². The van der Waals surface area contributed by atoms with Crippen molar-refractivity contribution in [1.29, 1.82) is 0 Å². The average molecular weight is 345 g/mol. The number of benzene rings is 1. The lowest BCUT2D eigenvalue weighted by atomic mass is 9.98. The van der Waals surface area contributed by atoms with Gasteiger partial charge in [0.05, 0.1) is 0 Å².